The van der Waals surface area contributed by atoms with Crippen molar-refractivity contribution >= 4 is 0 Å². The van der Waals surface area contributed by atoms with Crippen molar-refractivity contribution in [3.63, 3.8) is 0 Å². The number of rotatable bonds is 3. The quantitative estimate of drug-likeness (QED) is 0.555. The number of alkyl halides is 6. The van der Waals surface area contributed by atoms with Crippen molar-refractivity contribution in [3.8, 4) is 0 Å². The fraction of sp³-hybridized carbons (Fsp3) is 1.00. The highest BCUT2D eigenvalue weighted by Crippen LogP contribution is 2.43. The number of halogens is 6. The van der Waals surface area contributed by atoms with Crippen molar-refractivity contribution < 1.29 is 41.3 Å². The Kier molecular flexibility index (Phi) is 3.76. The van der Waals surface area contributed by atoms with E-state index in [1.807, 2.05) is 0 Å². The largest absolute Gasteiger partial charge is 0.453 e. The van der Waals surface area contributed by atoms with E-state index in [1.165, 1.54) is 0 Å². The summed E-state index contributed by atoms with van der Waals surface area (Å²) in [5, 5.41) is 16.2. The molecule has 0 fully saturated rings. The number of hydrogen-bond donors (Lipinski definition) is 2. The van der Waals surface area contributed by atoms with Gasteiger partial charge >= 0.3 is 18.1 Å². The second-order valence-corrected chi connectivity index (χ2v) is 2.21. The molecular formula is C5H6F6O3. The molecule has 14 heavy (non-hydrogen) atoms. The van der Waals surface area contributed by atoms with Crippen molar-refractivity contribution in [1.82, 2.24) is 0 Å². The van der Waals surface area contributed by atoms with Crippen molar-refractivity contribution in [3.05, 3.63) is 0 Å². The Morgan fingerprint density at radius 2 is 1.29 bits per heavy atom. The normalized spacial score (nSPS) is 14.6. The van der Waals surface area contributed by atoms with E-state index in [4.69, 9.17) is 10.2 Å². The lowest BCUT2D eigenvalue weighted by atomic mass is 10.2. The standard InChI is InChI=1S/C5H6F6O3/c6-4(7,8)3(13,5(9,10)11)14-2-1-12/h12-13H,1-2H2. The maximum absolute atomic E-state index is 11.7. The monoisotopic (exact) mass is 228 g/mol. The van der Waals surface area contributed by atoms with Crippen LogP contribution in [0.5, 0.6) is 0 Å². The summed E-state index contributed by atoms with van der Waals surface area (Å²) in [6, 6.07) is 0. The highest BCUT2D eigenvalue weighted by atomic mass is 19.4. The Morgan fingerprint density at radius 3 is 1.50 bits per heavy atom. The summed E-state index contributed by atoms with van der Waals surface area (Å²) < 4.78 is 73.6. The van der Waals surface area contributed by atoms with E-state index >= 15 is 0 Å². The first-order valence-electron chi connectivity index (χ1n) is 3.17. The molecule has 0 aliphatic heterocycles. The number of hydrogen-bond acceptors (Lipinski definition) is 3. The molecular weight excluding hydrogens is 222 g/mol. The van der Waals surface area contributed by atoms with Gasteiger partial charge in [-0.25, -0.2) is 0 Å². The summed E-state index contributed by atoms with van der Waals surface area (Å²) in [7, 11) is 0. The third-order valence-corrected chi connectivity index (χ3v) is 1.17. The summed E-state index contributed by atoms with van der Waals surface area (Å²) in [6.07, 6.45) is -12.0. The van der Waals surface area contributed by atoms with Gasteiger partial charge in [0.1, 0.15) is 0 Å². The molecule has 0 aromatic carbocycles. The van der Waals surface area contributed by atoms with Crippen LogP contribution >= 0.6 is 0 Å². The lowest BCUT2D eigenvalue weighted by molar-refractivity contribution is -0.458. The van der Waals surface area contributed by atoms with Crippen LogP contribution < -0.4 is 0 Å². The minimum absolute atomic E-state index is 1.07. The highest BCUT2D eigenvalue weighted by Gasteiger charge is 2.72. The summed E-state index contributed by atoms with van der Waals surface area (Å²) in [4.78, 5) is 0. The SMILES string of the molecule is OCCOC(O)(C(F)(F)F)C(F)(F)F. The average molecular weight is 228 g/mol. The molecule has 0 rings (SSSR count). The summed E-state index contributed by atoms with van der Waals surface area (Å²) in [5.74, 6) is -5.23. The van der Waals surface area contributed by atoms with Crippen molar-refractivity contribution in [2.75, 3.05) is 13.2 Å². The van der Waals surface area contributed by atoms with Crippen LogP contribution in [-0.4, -0.2) is 41.6 Å². The number of aliphatic hydroxyl groups is 2. The molecule has 0 aliphatic rings. The van der Waals surface area contributed by atoms with Crippen molar-refractivity contribution in [2.45, 2.75) is 18.1 Å². The Balaban J connectivity index is 4.87. The van der Waals surface area contributed by atoms with Gasteiger partial charge in [-0.1, -0.05) is 0 Å². The molecule has 86 valence electrons. The van der Waals surface area contributed by atoms with Gasteiger partial charge in [0.2, 0.25) is 0 Å². The lowest BCUT2D eigenvalue weighted by Crippen LogP contribution is -2.59. The van der Waals surface area contributed by atoms with E-state index in [0.717, 1.165) is 0 Å². The molecule has 2 N–H and O–H groups in total. The molecule has 0 radical (unpaired) electrons. The predicted molar refractivity (Wildman–Crippen MR) is 30.1 cm³/mol. The second-order valence-electron chi connectivity index (χ2n) is 2.21. The van der Waals surface area contributed by atoms with E-state index in [-0.39, 0.29) is 0 Å². The molecule has 0 amide bonds. The minimum atomic E-state index is -6.01. The van der Waals surface area contributed by atoms with Gasteiger partial charge in [-0.2, -0.15) is 26.3 Å². The van der Waals surface area contributed by atoms with Crippen LogP contribution in [0.25, 0.3) is 0 Å². The molecule has 0 spiro atoms. The van der Waals surface area contributed by atoms with Crippen LogP contribution in [0.4, 0.5) is 26.3 Å². The third kappa shape index (κ3) is 2.49. The lowest BCUT2D eigenvalue weighted by Gasteiger charge is -2.31. The van der Waals surface area contributed by atoms with Gasteiger partial charge in [0, 0.05) is 0 Å². The van der Waals surface area contributed by atoms with Crippen LogP contribution in [-0.2, 0) is 4.74 Å². The minimum Gasteiger partial charge on any atom is -0.394 e. The van der Waals surface area contributed by atoms with Gasteiger partial charge in [0.15, 0.2) is 0 Å². The topological polar surface area (TPSA) is 49.7 Å². The molecule has 0 aromatic rings. The Labute approximate surface area is 73.9 Å². The zero-order valence-electron chi connectivity index (χ0n) is 6.48. The Hall–Kier alpha value is -0.540. The first kappa shape index (κ1) is 13.5. The highest BCUT2D eigenvalue weighted by molar-refractivity contribution is 4.84. The zero-order valence-corrected chi connectivity index (χ0v) is 6.48. The van der Waals surface area contributed by atoms with Gasteiger partial charge in [0.05, 0.1) is 13.2 Å². The van der Waals surface area contributed by atoms with Gasteiger partial charge in [-0.05, 0) is 0 Å². The summed E-state index contributed by atoms with van der Waals surface area (Å²) >= 11 is 0. The Bertz CT molecular complexity index is 171. The molecule has 0 aromatic heterocycles. The van der Waals surface area contributed by atoms with Crippen LogP contribution in [0.1, 0.15) is 0 Å². The molecule has 9 heteroatoms. The molecule has 0 heterocycles. The first-order valence-corrected chi connectivity index (χ1v) is 3.17. The number of ether oxygens (including phenoxy) is 1. The van der Waals surface area contributed by atoms with E-state index in [1.54, 1.807) is 0 Å². The number of aliphatic hydroxyl groups excluding tert-OH is 1. The van der Waals surface area contributed by atoms with E-state index < -0.39 is 31.4 Å². The molecule has 0 aliphatic carbocycles. The molecule has 0 bridgehead atoms. The fourth-order valence-corrected chi connectivity index (χ4v) is 0.518. The molecule has 0 saturated heterocycles. The van der Waals surface area contributed by atoms with Crippen molar-refractivity contribution in [2.24, 2.45) is 0 Å². The predicted octanol–water partition coefficient (Wildman–Crippen LogP) is 0.808. The first-order chi connectivity index (χ1) is 6.06. The summed E-state index contributed by atoms with van der Waals surface area (Å²) in [5.41, 5.74) is 0. The molecule has 0 unspecified atom stereocenters. The summed E-state index contributed by atoms with van der Waals surface area (Å²) in [6.45, 7) is -2.36. The Morgan fingerprint density at radius 1 is 0.929 bits per heavy atom. The van der Waals surface area contributed by atoms with Gasteiger partial charge < -0.3 is 14.9 Å². The zero-order chi connectivity index (χ0) is 11.6. The van der Waals surface area contributed by atoms with Crippen LogP contribution in [0.15, 0.2) is 0 Å². The molecule has 3 nitrogen and oxygen atoms in total. The van der Waals surface area contributed by atoms with Crippen LogP contribution in [0.3, 0.4) is 0 Å². The molecule has 0 atom stereocenters. The maximum Gasteiger partial charge on any atom is 0.453 e. The second kappa shape index (κ2) is 3.91. The van der Waals surface area contributed by atoms with Gasteiger partial charge in [-0.3, -0.25) is 0 Å². The van der Waals surface area contributed by atoms with E-state index in [9.17, 15) is 26.3 Å². The maximum atomic E-state index is 11.7. The fourth-order valence-electron chi connectivity index (χ4n) is 0.518. The van der Waals surface area contributed by atoms with Gasteiger partial charge in [0.25, 0.3) is 0 Å². The smallest absolute Gasteiger partial charge is 0.394 e. The van der Waals surface area contributed by atoms with E-state index in [0.29, 0.717) is 0 Å². The third-order valence-electron chi connectivity index (χ3n) is 1.17. The van der Waals surface area contributed by atoms with E-state index in [2.05, 4.69) is 4.74 Å². The van der Waals surface area contributed by atoms with Crippen LogP contribution in [0, 0.1) is 0 Å². The molecule has 0 saturated carbocycles. The van der Waals surface area contributed by atoms with Crippen LogP contribution in [0.2, 0.25) is 0 Å². The average Bonchev–Trinajstić information content (AvgIpc) is 1.95. The van der Waals surface area contributed by atoms with Gasteiger partial charge in [-0.15, -0.1) is 0 Å². The van der Waals surface area contributed by atoms with Crippen molar-refractivity contribution in [1.29, 1.82) is 0 Å².